The number of Topliss-reactive ketones (excluding diaryl/α,β-unsaturated/α-hetero) is 2. The standard InChI is InChI=1S/C24H15NO3/c25-14-17-8-1-2-9-18(17)15-28-22-12-6-3-7-16(22)13-21-23(26)19-10-4-5-11-20(19)24(21)27/h1-13H,15H2. The first-order valence-corrected chi connectivity index (χ1v) is 8.79. The van der Waals surface area contributed by atoms with E-state index in [4.69, 9.17) is 4.74 Å². The molecule has 0 radical (unpaired) electrons. The molecule has 4 nitrogen and oxygen atoms in total. The van der Waals surface area contributed by atoms with Crippen LogP contribution in [0.1, 0.15) is 37.4 Å². The van der Waals surface area contributed by atoms with E-state index in [9.17, 15) is 14.9 Å². The maximum absolute atomic E-state index is 12.6. The number of nitriles is 1. The van der Waals surface area contributed by atoms with Gasteiger partial charge in [-0.05, 0) is 18.2 Å². The summed E-state index contributed by atoms with van der Waals surface area (Å²) in [6.07, 6.45) is 1.58. The molecule has 0 aliphatic heterocycles. The van der Waals surface area contributed by atoms with Gasteiger partial charge in [0.05, 0.1) is 17.2 Å². The number of allylic oxidation sites excluding steroid dienone is 1. The van der Waals surface area contributed by atoms with Gasteiger partial charge in [0.1, 0.15) is 12.4 Å². The Morgan fingerprint density at radius 1 is 0.821 bits per heavy atom. The molecule has 0 amide bonds. The van der Waals surface area contributed by atoms with Crippen molar-refractivity contribution in [2.45, 2.75) is 6.61 Å². The summed E-state index contributed by atoms with van der Waals surface area (Å²) in [5.41, 5.74) is 2.96. The molecule has 1 aliphatic rings. The van der Waals surface area contributed by atoms with Gasteiger partial charge in [-0.1, -0.05) is 60.7 Å². The molecule has 0 saturated heterocycles. The molecule has 1 aliphatic carbocycles. The van der Waals surface area contributed by atoms with E-state index in [0.717, 1.165) is 5.56 Å². The van der Waals surface area contributed by atoms with Crippen molar-refractivity contribution in [3.8, 4) is 11.8 Å². The predicted octanol–water partition coefficient (Wildman–Crippen LogP) is 4.60. The third kappa shape index (κ3) is 3.10. The van der Waals surface area contributed by atoms with Crippen LogP contribution in [0.5, 0.6) is 5.75 Å². The number of hydrogen-bond donors (Lipinski definition) is 0. The van der Waals surface area contributed by atoms with Crippen LogP contribution in [-0.2, 0) is 6.61 Å². The first kappa shape index (κ1) is 17.4. The minimum atomic E-state index is -0.273. The van der Waals surface area contributed by atoms with Crippen molar-refractivity contribution in [1.82, 2.24) is 0 Å². The number of nitrogens with zero attached hydrogens (tertiary/aromatic N) is 1. The second-order valence-corrected chi connectivity index (χ2v) is 6.36. The lowest BCUT2D eigenvalue weighted by atomic mass is 10.1. The number of carbonyl (C=O) groups is 2. The predicted molar refractivity (Wildman–Crippen MR) is 105 cm³/mol. The zero-order valence-corrected chi connectivity index (χ0v) is 14.9. The quantitative estimate of drug-likeness (QED) is 0.501. The van der Waals surface area contributed by atoms with Gasteiger partial charge in [0.15, 0.2) is 11.6 Å². The molecule has 0 aromatic heterocycles. The number of rotatable bonds is 4. The lowest BCUT2D eigenvalue weighted by Crippen LogP contribution is -2.02. The molecule has 0 saturated carbocycles. The van der Waals surface area contributed by atoms with Gasteiger partial charge >= 0.3 is 0 Å². The molecule has 4 heteroatoms. The Morgan fingerprint density at radius 2 is 1.43 bits per heavy atom. The summed E-state index contributed by atoms with van der Waals surface area (Å²) in [7, 11) is 0. The zero-order chi connectivity index (χ0) is 19.5. The summed E-state index contributed by atoms with van der Waals surface area (Å²) in [5.74, 6) is -0.00485. The van der Waals surface area contributed by atoms with Gasteiger partial charge in [-0.15, -0.1) is 0 Å². The summed E-state index contributed by atoms with van der Waals surface area (Å²) in [4.78, 5) is 25.2. The maximum atomic E-state index is 12.6. The summed E-state index contributed by atoms with van der Waals surface area (Å²) in [6.45, 7) is 0.214. The minimum Gasteiger partial charge on any atom is -0.488 e. The third-order valence-electron chi connectivity index (χ3n) is 4.65. The highest BCUT2D eigenvalue weighted by molar-refractivity contribution is 6.41. The third-order valence-corrected chi connectivity index (χ3v) is 4.65. The van der Waals surface area contributed by atoms with Gasteiger partial charge < -0.3 is 4.74 Å². The summed E-state index contributed by atoms with van der Waals surface area (Å²) < 4.78 is 5.91. The second kappa shape index (κ2) is 7.34. The highest BCUT2D eigenvalue weighted by Crippen LogP contribution is 2.30. The Bertz CT molecular complexity index is 1130. The van der Waals surface area contributed by atoms with Gasteiger partial charge in [0, 0.05) is 22.3 Å². The fourth-order valence-corrected chi connectivity index (χ4v) is 3.20. The second-order valence-electron chi connectivity index (χ2n) is 6.36. The lowest BCUT2D eigenvalue weighted by molar-refractivity contribution is 0.0990. The number of benzene rings is 3. The monoisotopic (exact) mass is 365 g/mol. The van der Waals surface area contributed by atoms with Crippen LogP contribution in [0.25, 0.3) is 6.08 Å². The fraction of sp³-hybridized carbons (Fsp3) is 0.0417. The van der Waals surface area contributed by atoms with Crippen LogP contribution in [0.3, 0.4) is 0 Å². The summed E-state index contributed by atoms with van der Waals surface area (Å²) >= 11 is 0. The van der Waals surface area contributed by atoms with E-state index in [1.54, 1.807) is 54.6 Å². The molecular formula is C24H15NO3. The Morgan fingerprint density at radius 3 is 2.14 bits per heavy atom. The van der Waals surface area contributed by atoms with Crippen LogP contribution in [0.4, 0.5) is 0 Å². The molecular weight excluding hydrogens is 350 g/mol. The molecule has 0 atom stereocenters. The number of fused-ring (bicyclic) bond motifs is 1. The van der Waals surface area contributed by atoms with Crippen LogP contribution in [-0.4, -0.2) is 11.6 Å². The summed E-state index contributed by atoms with van der Waals surface area (Å²) in [6, 6.07) is 23.4. The SMILES string of the molecule is N#Cc1ccccc1COc1ccccc1C=C1C(=O)c2ccccc2C1=O. The first-order valence-electron chi connectivity index (χ1n) is 8.79. The summed E-state index contributed by atoms with van der Waals surface area (Å²) in [5, 5.41) is 9.21. The van der Waals surface area contributed by atoms with E-state index in [1.807, 2.05) is 24.3 Å². The van der Waals surface area contributed by atoms with Crippen molar-refractivity contribution in [3.63, 3.8) is 0 Å². The van der Waals surface area contributed by atoms with Gasteiger partial charge in [-0.25, -0.2) is 0 Å². The Labute approximate surface area is 162 Å². The normalized spacial score (nSPS) is 12.5. The molecule has 0 N–H and O–H groups in total. The van der Waals surface area contributed by atoms with Crippen LogP contribution >= 0.6 is 0 Å². The highest BCUT2D eigenvalue weighted by Gasteiger charge is 2.32. The average Bonchev–Trinajstić information content (AvgIpc) is 2.98. The largest absolute Gasteiger partial charge is 0.488 e. The van der Waals surface area contributed by atoms with Crippen molar-refractivity contribution >= 4 is 17.6 Å². The minimum absolute atomic E-state index is 0.134. The number of carbonyl (C=O) groups excluding carboxylic acids is 2. The zero-order valence-electron chi connectivity index (χ0n) is 14.9. The van der Waals surface area contributed by atoms with Gasteiger partial charge in [-0.2, -0.15) is 5.26 Å². The molecule has 0 unspecified atom stereocenters. The number of ketones is 2. The van der Waals surface area contributed by atoms with Crippen molar-refractivity contribution in [3.05, 3.63) is 106 Å². The van der Waals surface area contributed by atoms with Gasteiger partial charge in [-0.3, -0.25) is 9.59 Å². The number of hydrogen-bond acceptors (Lipinski definition) is 4. The average molecular weight is 365 g/mol. The molecule has 28 heavy (non-hydrogen) atoms. The van der Waals surface area contributed by atoms with E-state index in [1.165, 1.54) is 0 Å². The smallest absolute Gasteiger partial charge is 0.197 e. The molecule has 134 valence electrons. The molecule has 0 heterocycles. The van der Waals surface area contributed by atoms with E-state index >= 15 is 0 Å². The van der Waals surface area contributed by atoms with Crippen molar-refractivity contribution in [2.24, 2.45) is 0 Å². The molecule has 0 fully saturated rings. The fourth-order valence-electron chi connectivity index (χ4n) is 3.20. The van der Waals surface area contributed by atoms with Crippen LogP contribution in [0.2, 0.25) is 0 Å². The van der Waals surface area contributed by atoms with E-state index in [-0.39, 0.29) is 23.7 Å². The Kier molecular flexibility index (Phi) is 4.57. The van der Waals surface area contributed by atoms with Crippen LogP contribution in [0, 0.1) is 11.3 Å². The van der Waals surface area contributed by atoms with Gasteiger partial charge in [0.2, 0.25) is 0 Å². The van der Waals surface area contributed by atoms with Crippen molar-refractivity contribution in [2.75, 3.05) is 0 Å². The lowest BCUT2D eigenvalue weighted by Gasteiger charge is -2.10. The topological polar surface area (TPSA) is 67.2 Å². The number of ether oxygens (including phenoxy) is 1. The van der Waals surface area contributed by atoms with E-state index in [2.05, 4.69) is 6.07 Å². The van der Waals surface area contributed by atoms with E-state index in [0.29, 0.717) is 28.0 Å². The van der Waals surface area contributed by atoms with Gasteiger partial charge in [0.25, 0.3) is 0 Å². The Hall–Kier alpha value is -3.97. The molecule has 0 spiro atoms. The van der Waals surface area contributed by atoms with Crippen LogP contribution < -0.4 is 4.74 Å². The molecule has 0 bridgehead atoms. The van der Waals surface area contributed by atoms with Crippen LogP contribution in [0.15, 0.2) is 78.4 Å². The van der Waals surface area contributed by atoms with Crippen molar-refractivity contribution in [1.29, 1.82) is 5.26 Å². The van der Waals surface area contributed by atoms with E-state index < -0.39 is 0 Å². The highest BCUT2D eigenvalue weighted by atomic mass is 16.5. The molecule has 3 aromatic carbocycles. The molecule has 4 rings (SSSR count). The maximum Gasteiger partial charge on any atom is 0.197 e. The first-order chi connectivity index (χ1) is 13.7. The molecule has 3 aromatic rings. The van der Waals surface area contributed by atoms with Crippen molar-refractivity contribution < 1.29 is 14.3 Å². The Balaban J connectivity index is 1.64. The number of para-hydroxylation sites is 1.